The second-order valence-corrected chi connectivity index (χ2v) is 6.57. The lowest BCUT2D eigenvalue weighted by Crippen LogP contribution is -2.23. The molecule has 0 amide bonds. The largest absolute Gasteiger partial charge is 0.459 e. The zero-order valence-corrected chi connectivity index (χ0v) is 12.7. The van der Waals surface area contributed by atoms with Gasteiger partial charge < -0.3 is 9.73 Å². The van der Waals surface area contributed by atoms with Gasteiger partial charge in [-0.15, -0.1) is 0 Å². The minimum absolute atomic E-state index is 0.259. The van der Waals surface area contributed by atoms with E-state index >= 15 is 0 Å². The van der Waals surface area contributed by atoms with Crippen molar-refractivity contribution < 1.29 is 4.42 Å². The fourth-order valence-electron chi connectivity index (χ4n) is 2.36. The van der Waals surface area contributed by atoms with Gasteiger partial charge in [0.15, 0.2) is 0 Å². The second-order valence-electron chi connectivity index (χ2n) is 6.57. The molecule has 0 bridgehead atoms. The molecular weight excluding hydrogens is 234 g/mol. The van der Waals surface area contributed by atoms with Gasteiger partial charge in [0.25, 0.3) is 0 Å². The minimum Gasteiger partial charge on any atom is -0.459 e. The Morgan fingerprint density at radius 2 is 1.89 bits per heavy atom. The van der Waals surface area contributed by atoms with Crippen molar-refractivity contribution in [2.24, 2.45) is 5.41 Å². The molecule has 104 valence electrons. The third kappa shape index (κ3) is 3.38. The van der Waals surface area contributed by atoms with Crippen LogP contribution in [0.2, 0.25) is 0 Å². The van der Waals surface area contributed by atoms with Gasteiger partial charge in [0, 0.05) is 5.39 Å². The molecule has 2 nitrogen and oxygen atoms in total. The van der Waals surface area contributed by atoms with Crippen molar-refractivity contribution in [1.82, 2.24) is 5.32 Å². The Morgan fingerprint density at radius 1 is 1.21 bits per heavy atom. The van der Waals surface area contributed by atoms with Crippen molar-refractivity contribution in [2.75, 3.05) is 6.54 Å². The Hall–Kier alpha value is -1.28. The summed E-state index contributed by atoms with van der Waals surface area (Å²) in [5.41, 5.74) is 2.61. The lowest BCUT2D eigenvalue weighted by atomic mass is 9.92. The SMILES string of the molecule is Cc1c(C(C)NCCC(C)(C)C)oc2ccccc12. The molecule has 0 saturated carbocycles. The van der Waals surface area contributed by atoms with Gasteiger partial charge in [-0.25, -0.2) is 0 Å². The van der Waals surface area contributed by atoms with Gasteiger partial charge in [-0.2, -0.15) is 0 Å². The quantitative estimate of drug-likeness (QED) is 0.851. The van der Waals surface area contributed by atoms with Crippen LogP contribution in [0.4, 0.5) is 0 Å². The highest BCUT2D eigenvalue weighted by Gasteiger charge is 2.17. The highest BCUT2D eigenvalue weighted by atomic mass is 16.3. The van der Waals surface area contributed by atoms with Crippen molar-refractivity contribution in [2.45, 2.75) is 47.1 Å². The van der Waals surface area contributed by atoms with Crippen LogP contribution < -0.4 is 5.32 Å². The van der Waals surface area contributed by atoms with Crippen LogP contribution >= 0.6 is 0 Å². The highest BCUT2D eigenvalue weighted by Crippen LogP contribution is 2.29. The van der Waals surface area contributed by atoms with Crippen molar-refractivity contribution in [3.05, 3.63) is 35.6 Å². The van der Waals surface area contributed by atoms with Gasteiger partial charge >= 0.3 is 0 Å². The topological polar surface area (TPSA) is 25.2 Å². The molecule has 2 aromatic rings. The van der Waals surface area contributed by atoms with Crippen LogP contribution in [0.15, 0.2) is 28.7 Å². The molecule has 0 spiro atoms. The molecular formula is C17H25NO. The first kappa shape index (κ1) is 14.1. The monoisotopic (exact) mass is 259 g/mol. The van der Waals surface area contributed by atoms with Crippen LogP contribution in [0.25, 0.3) is 11.0 Å². The Balaban J connectivity index is 2.09. The number of nitrogens with one attached hydrogen (secondary N) is 1. The summed E-state index contributed by atoms with van der Waals surface area (Å²) in [6, 6.07) is 8.50. The zero-order valence-electron chi connectivity index (χ0n) is 12.7. The number of furan rings is 1. The normalized spacial score (nSPS) is 13.9. The number of fused-ring (bicyclic) bond motifs is 1. The summed E-state index contributed by atoms with van der Waals surface area (Å²) in [6.45, 7) is 12.1. The molecule has 0 radical (unpaired) electrons. The summed E-state index contributed by atoms with van der Waals surface area (Å²) in [5, 5.41) is 4.79. The predicted octanol–water partition coefficient (Wildman–Crippen LogP) is 4.83. The molecule has 2 rings (SSSR count). The van der Waals surface area contributed by atoms with Gasteiger partial charge in [0.1, 0.15) is 11.3 Å². The number of para-hydroxylation sites is 1. The van der Waals surface area contributed by atoms with Crippen LogP contribution in [-0.2, 0) is 0 Å². The van der Waals surface area contributed by atoms with Gasteiger partial charge in [-0.05, 0) is 43.9 Å². The Bertz CT molecular complexity index is 548. The standard InChI is InChI=1S/C17H25NO/c1-12-14-8-6-7-9-15(14)19-16(12)13(2)18-11-10-17(3,4)5/h6-9,13,18H,10-11H2,1-5H3. The summed E-state index contributed by atoms with van der Waals surface area (Å²) in [7, 11) is 0. The van der Waals surface area contributed by atoms with Gasteiger partial charge in [-0.3, -0.25) is 0 Å². The minimum atomic E-state index is 0.259. The Morgan fingerprint density at radius 3 is 2.53 bits per heavy atom. The van der Waals surface area contributed by atoms with E-state index in [9.17, 15) is 0 Å². The maximum Gasteiger partial charge on any atom is 0.134 e. The number of rotatable bonds is 4. The zero-order chi connectivity index (χ0) is 14.0. The first-order valence-corrected chi connectivity index (χ1v) is 7.10. The van der Waals surface area contributed by atoms with Crippen LogP contribution in [0.3, 0.4) is 0 Å². The van der Waals surface area contributed by atoms with Crippen molar-refractivity contribution >= 4 is 11.0 Å². The van der Waals surface area contributed by atoms with Crippen molar-refractivity contribution in [1.29, 1.82) is 0 Å². The fraction of sp³-hybridized carbons (Fsp3) is 0.529. The van der Waals surface area contributed by atoms with E-state index in [0.29, 0.717) is 5.41 Å². The van der Waals surface area contributed by atoms with E-state index in [1.165, 1.54) is 10.9 Å². The summed E-state index contributed by atoms with van der Waals surface area (Å²) in [6.07, 6.45) is 1.16. The van der Waals surface area contributed by atoms with E-state index in [-0.39, 0.29) is 6.04 Å². The first-order valence-electron chi connectivity index (χ1n) is 7.10. The number of aryl methyl sites for hydroxylation is 1. The van der Waals surface area contributed by atoms with Gasteiger partial charge in [0.05, 0.1) is 6.04 Å². The molecule has 0 aliphatic carbocycles. The van der Waals surface area contributed by atoms with Gasteiger partial charge in [-0.1, -0.05) is 39.0 Å². The second kappa shape index (κ2) is 5.38. The van der Waals surface area contributed by atoms with E-state index in [0.717, 1.165) is 24.3 Å². The maximum atomic E-state index is 5.98. The average molecular weight is 259 g/mol. The van der Waals surface area contributed by atoms with Crippen LogP contribution in [0, 0.1) is 12.3 Å². The Kier molecular flexibility index (Phi) is 4.00. The van der Waals surface area contributed by atoms with Crippen molar-refractivity contribution in [3.8, 4) is 0 Å². The van der Waals surface area contributed by atoms with Gasteiger partial charge in [0.2, 0.25) is 0 Å². The maximum absolute atomic E-state index is 5.98. The third-order valence-electron chi connectivity index (χ3n) is 3.60. The third-order valence-corrected chi connectivity index (χ3v) is 3.60. The van der Waals surface area contributed by atoms with Crippen LogP contribution in [0.5, 0.6) is 0 Å². The first-order chi connectivity index (χ1) is 8.88. The van der Waals surface area contributed by atoms with Crippen LogP contribution in [-0.4, -0.2) is 6.54 Å². The molecule has 1 aromatic heterocycles. The molecule has 0 saturated heterocycles. The van der Waals surface area contributed by atoms with Crippen molar-refractivity contribution in [3.63, 3.8) is 0 Å². The fourth-order valence-corrected chi connectivity index (χ4v) is 2.36. The molecule has 19 heavy (non-hydrogen) atoms. The molecule has 0 aliphatic heterocycles. The Labute approximate surface area is 116 Å². The molecule has 1 atom stereocenters. The van der Waals surface area contributed by atoms with E-state index < -0.39 is 0 Å². The highest BCUT2D eigenvalue weighted by molar-refractivity contribution is 5.82. The molecule has 1 aromatic carbocycles. The summed E-state index contributed by atoms with van der Waals surface area (Å²) >= 11 is 0. The summed E-state index contributed by atoms with van der Waals surface area (Å²) < 4.78 is 5.98. The predicted molar refractivity (Wildman–Crippen MR) is 81.4 cm³/mol. The number of hydrogen-bond acceptors (Lipinski definition) is 2. The lowest BCUT2D eigenvalue weighted by molar-refractivity contribution is 0.348. The van der Waals surface area contributed by atoms with E-state index in [1.54, 1.807) is 0 Å². The lowest BCUT2D eigenvalue weighted by Gasteiger charge is -2.20. The van der Waals surface area contributed by atoms with E-state index in [1.807, 2.05) is 12.1 Å². The molecule has 1 heterocycles. The van der Waals surface area contributed by atoms with Crippen LogP contribution in [0.1, 0.15) is 51.5 Å². The molecule has 0 fully saturated rings. The summed E-state index contributed by atoms with van der Waals surface area (Å²) in [5.74, 6) is 1.06. The molecule has 2 heteroatoms. The number of benzene rings is 1. The summed E-state index contributed by atoms with van der Waals surface area (Å²) in [4.78, 5) is 0. The number of hydrogen-bond donors (Lipinski definition) is 1. The smallest absolute Gasteiger partial charge is 0.134 e. The molecule has 1 unspecified atom stereocenters. The van der Waals surface area contributed by atoms with E-state index in [4.69, 9.17) is 4.42 Å². The average Bonchev–Trinajstić information content (AvgIpc) is 2.66. The molecule has 0 aliphatic rings. The molecule has 1 N–H and O–H groups in total. The van der Waals surface area contributed by atoms with E-state index in [2.05, 4.69) is 52.1 Å².